The van der Waals surface area contributed by atoms with Crippen LogP contribution in [0.15, 0.2) is 0 Å². The molecule has 0 spiro atoms. The summed E-state index contributed by atoms with van der Waals surface area (Å²) in [6, 6.07) is 0.144. The highest BCUT2D eigenvalue weighted by molar-refractivity contribution is 6.05. The molecule has 0 amide bonds. The SMILES string of the molecule is CC(=O)c1c(C)[nH]c(C(=O)[C@@H](C)N[C@@H]2CCC[C@H](C)[C@@H]2C)c1C. The minimum Gasteiger partial charge on any atom is -0.355 e. The molecular weight excluding hydrogens is 288 g/mol. The lowest BCUT2D eigenvalue weighted by atomic mass is 9.77. The molecule has 2 rings (SSSR count). The largest absolute Gasteiger partial charge is 0.355 e. The average Bonchev–Trinajstić information content (AvgIpc) is 2.78. The number of carbonyl (C=O) groups excluding carboxylic acids is 2. The minimum atomic E-state index is -0.246. The van der Waals surface area contributed by atoms with Gasteiger partial charge in [0.05, 0.1) is 11.7 Å². The standard InChI is InChI=1S/C19H30N2O2/c1-10-8-7-9-16(11(10)2)20-14(5)19(23)18-12(3)17(15(6)22)13(4)21-18/h10-11,14,16,20-21H,7-9H2,1-6H3/t10-,11-,14+,16+/m0/s1. The van der Waals surface area contributed by atoms with E-state index in [0.29, 0.717) is 29.1 Å². The summed E-state index contributed by atoms with van der Waals surface area (Å²) >= 11 is 0. The zero-order valence-corrected chi connectivity index (χ0v) is 15.2. The van der Waals surface area contributed by atoms with E-state index in [-0.39, 0.29) is 17.6 Å². The van der Waals surface area contributed by atoms with Crippen LogP contribution in [-0.4, -0.2) is 28.6 Å². The molecule has 4 nitrogen and oxygen atoms in total. The fraction of sp³-hybridized carbons (Fsp3) is 0.684. The minimum absolute atomic E-state index is 0.00522. The Labute approximate surface area is 139 Å². The summed E-state index contributed by atoms with van der Waals surface area (Å²) in [4.78, 5) is 27.7. The molecule has 4 heteroatoms. The molecule has 0 saturated heterocycles. The van der Waals surface area contributed by atoms with Crippen molar-refractivity contribution in [2.45, 2.75) is 72.9 Å². The maximum atomic E-state index is 12.8. The van der Waals surface area contributed by atoms with Crippen LogP contribution in [0.1, 0.15) is 79.1 Å². The van der Waals surface area contributed by atoms with Crippen molar-refractivity contribution in [1.29, 1.82) is 0 Å². The first kappa shape index (κ1) is 17.9. The Kier molecular flexibility index (Phi) is 5.45. The normalized spacial score (nSPS) is 26.1. The molecule has 0 aliphatic heterocycles. The zero-order chi connectivity index (χ0) is 17.3. The van der Waals surface area contributed by atoms with Crippen LogP contribution >= 0.6 is 0 Å². The van der Waals surface area contributed by atoms with Gasteiger partial charge in [0.2, 0.25) is 0 Å². The number of carbonyl (C=O) groups is 2. The van der Waals surface area contributed by atoms with E-state index in [4.69, 9.17) is 0 Å². The molecule has 0 radical (unpaired) electrons. The molecule has 128 valence electrons. The highest BCUT2D eigenvalue weighted by Crippen LogP contribution is 2.30. The Bertz CT molecular complexity index is 603. The summed E-state index contributed by atoms with van der Waals surface area (Å²) in [7, 11) is 0. The van der Waals surface area contributed by atoms with Gasteiger partial charge in [-0.15, -0.1) is 0 Å². The molecule has 1 saturated carbocycles. The van der Waals surface area contributed by atoms with E-state index in [1.807, 2.05) is 20.8 Å². The quantitative estimate of drug-likeness (QED) is 0.811. The van der Waals surface area contributed by atoms with Crippen LogP contribution in [0.5, 0.6) is 0 Å². The third-order valence-electron chi connectivity index (χ3n) is 5.60. The van der Waals surface area contributed by atoms with Gasteiger partial charge in [-0.25, -0.2) is 0 Å². The lowest BCUT2D eigenvalue weighted by Gasteiger charge is -2.36. The van der Waals surface area contributed by atoms with Crippen LogP contribution in [0.25, 0.3) is 0 Å². The van der Waals surface area contributed by atoms with Crippen molar-refractivity contribution in [2.24, 2.45) is 11.8 Å². The molecule has 1 aromatic rings. The fourth-order valence-corrected chi connectivity index (χ4v) is 3.96. The van der Waals surface area contributed by atoms with Crippen molar-refractivity contribution in [3.05, 3.63) is 22.5 Å². The molecule has 1 aliphatic carbocycles. The summed E-state index contributed by atoms with van der Waals surface area (Å²) in [5.74, 6) is 1.33. The van der Waals surface area contributed by atoms with E-state index in [0.717, 1.165) is 17.7 Å². The van der Waals surface area contributed by atoms with Crippen molar-refractivity contribution in [3.8, 4) is 0 Å². The number of ketones is 2. The van der Waals surface area contributed by atoms with Gasteiger partial charge in [0.15, 0.2) is 11.6 Å². The Balaban J connectivity index is 2.14. The first-order chi connectivity index (χ1) is 10.7. The van der Waals surface area contributed by atoms with Gasteiger partial charge >= 0.3 is 0 Å². The number of hydrogen-bond acceptors (Lipinski definition) is 3. The summed E-state index contributed by atoms with van der Waals surface area (Å²) in [5, 5.41) is 3.53. The van der Waals surface area contributed by atoms with Gasteiger partial charge in [0.25, 0.3) is 0 Å². The van der Waals surface area contributed by atoms with Gasteiger partial charge in [0, 0.05) is 17.3 Å². The molecule has 2 N–H and O–H groups in total. The fourth-order valence-electron chi connectivity index (χ4n) is 3.96. The molecule has 1 fully saturated rings. The Morgan fingerprint density at radius 2 is 1.87 bits per heavy atom. The van der Waals surface area contributed by atoms with Gasteiger partial charge in [-0.05, 0) is 51.5 Å². The molecular formula is C19H30N2O2. The lowest BCUT2D eigenvalue weighted by molar-refractivity contribution is 0.0917. The number of nitrogens with one attached hydrogen (secondary N) is 2. The summed E-state index contributed by atoms with van der Waals surface area (Å²) < 4.78 is 0. The smallest absolute Gasteiger partial charge is 0.195 e. The topological polar surface area (TPSA) is 62.0 Å². The van der Waals surface area contributed by atoms with Gasteiger partial charge in [0.1, 0.15) is 0 Å². The van der Waals surface area contributed by atoms with Gasteiger partial charge in [-0.3, -0.25) is 9.59 Å². The maximum Gasteiger partial charge on any atom is 0.195 e. The zero-order valence-electron chi connectivity index (χ0n) is 15.2. The van der Waals surface area contributed by atoms with Crippen molar-refractivity contribution in [3.63, 3.8) is 0 Å². The Morgan fingerprint density at radius 3 is 2.43 bits per heavy atom. The van der Waals surface area contributed by atoms with Crippen molar-refractivity contribution in [1.82, 2.24) is 10.3 Å². The number of H-pyrrole nitrogens is 1. The number of Topliss-reactive ketones (excluding diaryl/α,β-unsaturated/α-hetero) is 2. The Hall–Kier alpha value is -1.42. The number of hydrogen-bond donors (Lipinski definition) is 2. The molecule has 1 aliphatic rings. The van der Waals surface area contributed by atoms with Gasteiger partial charge in [-0.1, -0.05) is 26.7 Å². The van der Waals surface area contributed by atoms with Crippen LogP contribution in [-0.2, 0) is 0 Å². The first-order valence-corrected chi connectivity index (χ1v) is 8.74. The highest BCUT2D eigenvalue weighted by Gasteiger charge is 2.30. The third kappa shape index (κ3) is 3.57. The Morgan fingerprint density at radius 1 is 1.22 bits per heavy atom. The molecule has 0 aromatic carbocycles. The summed E-state index contributed by atoms with van der Waals surface area (Å²) in [5.41, 5.74) is 2.79. The molecule has 0 unspecified atom stereocenters. The van der Waals surface area contributed by atoms with Crippen molar-refractivity contribution >= 4 is 11.6 Å². The second-order valence-corrected chi connectivity index (χ2v) is 7.31. The van der Waals surface area contributed by atoms with Crippen LogP contribution in [0.2, 0.25) is 0 Å². The number of rotatable bonds is 5. The van der Waals surface area contributed by atoms with E-state index in [1.54, 1.807) is 6.92 Å². The molecule has 1 aromatic heterocycles. The molecule has 0 bridgehead atoms. The van der Waals surface area contributed by atoms with E-state index in [1.165, 1.54) is 12.8 Å². The lowest BCUT2D eigenvalue weighted by Crippen LogP contribution is -2.47. The molecule has 1 heterocycles. The molecule has 23 heavy (non-hydrogen) atoms. The van der Waals surface area contributed by atoms with Gasteiger partial charge in [-0.2, -0.15) is 0 Å². The van der Waals surface area contributed by atoms with Crippen LogP contribution in [0.4, 0.5) is 0 Å². The van der Waals surface area contributed by atoms with E-state index in [2.05, 4.69) is 24.1 Å². The monoisotopic (exact) mass is 318 g/mol. The second kappa shape index (κ2) is 7.00. The highest BCUT2D eigenvalue weighted by atomic mass is 16.1. The van der Waals surface area contributed by atoms with Crippen molar-refractivity contribution < 1.29 is 9.59 Å². The van der Waals surface area contributed by atoms with Crippen LogP contribution in [0.3, 0.4) is 0 Å². The maximum absolute atomic E-state index is 12.8. The van der Waals surface area contributed by atoms with Gasteiger partial charge < -0.3 is 10.3 Å². The predicted octanol–water partition coefficient (Wildman–Crippen LogP) is 3.82. The number of aromatic amines is 1. The van der Waals surface area contributed by atoms with E-state index >= 15 is 0 Å². The summed E-state index contributed by atoms with van der Waals surface area (Å²) in [6.07, 6.45) is 3.63. The van der Waals surface area contributed by atoms with Crippen molar-refractivity contribution in [2.75, 3.05) is 0 Å². The van der Waals surface area contributed by atoms with Crippen LogP contribution in [0, 0.1) is 25.7 Å². The second-order valence-electron chi connectivity index (χ2n) is 7.31. The number of aryl methyl sites for hydroxylation is 1. The van der Waals surface area contributed by atoms with Crippen LogP contribution < -0.4 is 5.32 Å². The number of aromatic nitrogens is 1. The average molecular weight is 318 g/mol. The predicted molar refractivity (Wildman–Crippen MR) is 93.2 cm³/mol. The van der Waals surface area contributed by atoms with E-state index < -0.39 is 0 Å². The molecule has 4 atom stereocenters. The summed E-state index contributed by atoms with van der Waals surface area (Å²) in [6.45, 7) is 11.7. The van der Waals surface area contributed by atoms with E-state index in [9.17, 15) is 9.59 Å². The first-order valence-electron chi connectivity index (χ1n) is 8.74. The third-order valence-corrected chi connectivity index (χ3v) is 5.60.